The molecule has 1 aromatic heterocycles. The van der Waals surface area contributed by atoms with Crippen molar-refractivity contribution < 1.29 is 9.59 Å². The molecule has 2 amide bonds. The van der Waals surface area contributed by atoms with Crippen LogP contribution in [0.1, 0.15) is 36.3 Å². The first kappa shape index (κ1) is 17.7. The van der Waals surface area contributed by atoms with Crippen LogP contribution in [-0.4, -0.2) is 23.3 Å². The third kappa shape index (κ3) is 3.44. The molecule has 5 nitrogen and oxygen atoms in total. The van der Waals surface area contributed by atoms with E-state index in [4.69, 9.17) is 0 Å². The Hall–Kier alpha value is -3.34. The van der Waals surface area contributed by atoms with Gasteiger partial charge in [-0.2, -0.15) is 0 Å². The van der Waals surface area contributed by atoms with E-state index in [1.807, 2.05) is 18.2 Å². The number of hydrogen-bond donors (Lipinski definition) is 3. The molecule has 146 valence electrons. The van der Waals surface area contributed by atoms with Gasteiger partial charge in [0, 0.05) is 29.6 Å². The normalized spacial score (nSPS) is 16.0. The Labute approximate surface area is 169 Å². The zero-order valence-corrected chi connectivity index (χ0v) is 16.1. The van der Waals surface area contributed by atoms with Crippen LogP contribution in [0.25, 0.3) is 22.2 Å². The molecular weight excluding hydrogens is 362 g/mol. The smallest absolute Gasteiger partial charge is 0.267 e. The second kappa shape index (κ2) is 7.24. The van der Waals surface area contributed by atoms with E-state index in [2.05, 4.69) is 45.9 Å². The Bertz CT molecular complexity index is 1120. The van der Waals surface area contributed by atoms with Gasteiger partial charge >= 0.3 is 0 Å². The number of amides is 2. The molecule has 0 radical (unpaired) electrons. The van der Waals surface area contributed by atoms with Crippen LogP contribution in [0, 0.1) is 0 Å². The van der Waals surface area contributed by atoms with Crippen LogP contribution in [0.4, 0.5) is 0 Å². The summed E-state index contributed by atoms with van der Waals surface area (Å²) in [6.45, 7) is 0.471. The highest BCUT2D eigenvalue weighted by atomic mass is 16.2. The van der Waals surface area contributed by atoms with Gasteiger partial charge < -0.3 is 15.6 Å². The SMILES string of the molecule is O=C(CCc1c(-c2ccccc2)[nH]c2c(C3CC3)cccc12)NC1=CCNC1=O. The van der Waals surface area contributed by atoms with E-state index in [9.17, 15) is 9.59 Å². The molecule has 0 unspecified atom stereocenters. The van der Waals surface area contributed by atoms with Gasteiger partial charge in [0.1, 0.15) is 5.70 Å². The number of aryl methyl sites for hydroxylation is 1. The molecule has 3 aromatic rings. The Morgan fingerprint density at radius 2 is 1.90 bits per heavy atom. The molecule has 1 aliphatic heterocycles. The standard InChI is InChI=1S/C24H23N3O2/c28-21(26-20-13-14-25-24(20)29)12-11-19-18-8-4-7-17(15-9-10-15)23(18)27-22(19)16-5-2-1-3-6-16/h1-8,13,15,27H,9-12,14H2,(H,25,29)(H,26,28). The fraction of sp³-hybridized carbons (Fsp3) is 0.250. The number of aromatic amines is 1. The van der Waals surface area contributed by atoms with Crippen molar-refractivity contribution >= 4 is 22.7 Å². The van der Waals surface area contributed by atoms with E-state index in [1.165, 1.54) is 29.3 Å². The Morgan fingerprint density at radius 3 is 2.62 bits per heavy atom. The maximum Gasteiger partial charge on any atom is 0.267 e. The van der Waals surface area contributed by atoms with Crippen LogP contribution in [0.2, 0.25) is 0 Å². The first-order valence-corrected chi connectivity index (χ1v) is 10.2. The Morgan fingerprint density at radius 1 is 1.07 bits per heavy atom. The summed E-state index contributed by atoms with van der Waals surface area (Å²) < 4.78 is 0. The topological polar surface area (TPSA) is 74.0 Å². The summed E-state index contributed by atoms with van der Waals surface area (Å²) in [5, 5.41) is 6.60. The van der Waals surface area contributed by atoms with Gasteiger partial charge in [0.2, 0.25) is 5.91 Å². The van der Waals surface area contributed by atoms with E-state index in [-0.39, 0.29) is 11.8 Å². The minimum Gasteiger partial charge on any atom is -0.354 e. The molecule has 2 aromatic carbocycles. The van der Waals surface area contributed by atoms with E-state index < -0.39 is 0 Å². The molecule has 0 saturated heterocycles. The summed E-state index contributed by atoms with van der Waals surface area (Å²) in [4.78, 5) is 27.8. The van der Waals surface area contributed by atoms with E-state index in [0.29, 0.717) is 31.0 Å². The molecule has 29 heavy (non-hydrogen) atoms. The molecule has 1 saturated carbocycles. The molecule has 3 N–H and O–H groups in total. The highest BCUT2D eigenvalue weighted by Crippen LogP contribution is 2.44. The van der Waals surface area contributed by atoms with Crippen molar-refractivity contribution in [3.05, 3.63) is 71.4 Å². The number of benzene rings is 2. The third-order valence-corrected chi connectivity index (χ3v) is 5.74. The van der Waals surface area contributed by atoms with Crippen LogP contribution < -0.4 is 10.6 Å². The minimum atomic E-state index is -0.218. The lowest BCUT2D eigenvalue weighted by Gasteiger charge is -2.07. The number of para-hydroxylation sites is 1. The van der Waals surface area contributed by atoms with Crippen LogP contribution in [0.3, 0.4) is 0 Å². The van der Waals surface area contributed by atoms with Gasteiger partial charge in [-0.05, 0) is 47.9 Å². The Balaban J connectivity index is 1.47. The summed E-state index contributed by atoms with van der Waals surface area (Å²) in [6.07, 6.45) is 5.13. The van der Waals surface area contributed by atoms with Crippen LogP contribution in [0.5, 0.6) is 0 Å². The number of fused-ring (bicyclic) bond motifs is 1. The molecule has 0 bridgehead atoms. The van der Waals surface area contributed by atoms with E-state index in [1.54, 1.807) is 6.08 Å². The fourth-order valence-corrected chi connectivity index (χ4v) is 4.13. The lowest BCUT2D eigenvalue weighted by atomic mass is 9.99. The molecule has 2 aliphatic rings. The van der Waals surface area contributed by atoms with E-state index in [0.717, 1.165) is 16.8 Å². The van der Waals surface area contributed by atoms with Crippen LogP contribution in [0.15, 0.2) is 60.3 Å². The molecule has 1 fully saturated rings. The summed E-state index contributed by atoms with van der Waals surface area (Å²) in [7, 11) is 0. The quantitative estimate of drug-likeness (QED) is 0.604. The first-order chi connectivity index (χ1) is 14.2. The van der Waals surface area contributed by atoms with Crippen LogP contribution >= 0.6 is 0 Å². The number of carbonyl (C=O) groups excluding carboxylic acids is 2. The maximum absolute atomic E-state index is 12.5. The number of rotatable bonds is 6. The molecular formula is C24H23N3O2. The van der Waals surface area contributed by atoms with Gasteiger partial charge in [-0.1, -0.05) is 48.5 Å². The van der Waals surface area contributed by atoms with Crippen molar-refractivity contribution in [3.8, 4) is 11.3 Å². The van der Waals surface area contributed by atoms with Gasteiger partial charge in [0.25, 0.3) is 5.91 Å². The van der Waals surface area contributed by atoms with Crippen LogP contribution in [-0.2, 0) is 16.0 Å². The van der Waals surface area contributed by atoms with Crippen molar-refractivity contribution in [2.75, 3.05) is 6.54 Å². The average Bonchev–Trinajstić information content (AvgIpc) is 3.41. The molecule has 1 aliphatic carbocycles. The van der Waals surface area contributed by atoms with Gasteiger partial charge in [-0.3, -0.25) is 9.59 Å². The zero-order chi connectivity index (χ0) is 19.8. The predicted molar refractivity (Wildman–Crippen MR) is 113 cm³/mol. The number of nitrogens with one attached hydrogen (secondary N) is 3. The predicted octanol–water partition coefficient (Wildman–Crippen LogP) is 3.77. The van der Waals surface area contributed by atoms with E-state index >= 15 is 0 Å². The molecule has 5 rings (SSSR count). The highest BCUT2D eigenvalue weighted by Gasteiger charge is 2.27. The summed E-state index contributed by atoms with van der Waals surface area (Å²) >= 11 is 0. The lowest BCUT2D eigenvalue weighted by Crippen LogP contribution is -2.29. The van der Waals surface area contributed by atoms with Crippen molar-refractivity contribution in [2.24, 2.45) is 0 Å². The lowest BCUT2D eigenvalue weighted by molar-refractivity contribution is -0.123. The number of hydrogen-bond acceptors (Lipinski definition) is 2. The molecule has 5 heteroatoms. The number of H-pyrrole nitrogens is 1. The monoisotopic (exact) mass is 385 g/mol. The van der Waals surface area contributed by atoms with Crippen molar-refractivity contribution in [1.29, 1.82) is 0 Å². The minimum absolute atomic E-state index is 0.139. The van der Waals surface area contributed by atoms with Gasteiger partial charge in [-0.25, -0.2) is 0 Å². The van der Waals surface area contributed by atoms with Gasteiger partial charge in [-0.15, -0.1) is 0 Å². The maximum atomic E-state index is 12.5. The summed E-state index contributed by atoms with van der Waals surface area (Å²) in [6, 6.07) is 16.7. The largest absolute Gasteiger partial charge is 0.354 e. The van der Waals surface area contributed by atoms with Crippen molar-refractivity contribution in [1.82, 2.24) is 15.6 Å². The molecule has 2 heterocycles. The second-order valence-electron chi connectivity index (χ2n) is 7.76. The van der Waals surface area contributed by atoms with Crippen molar-refractivity contribution in [3.63, 3.8) is 0 Å². The van der Waals surface area contributed by atoms with Gasteiger partial charge in [0.05, 0.1) is 0 Å². The number of carbonyl (C=O) groups is 2. The van der Waals surface area contributed by atoms with Crippen molar-refractivity contribution in [2.45, 2.75) is 31.6 Å². The molecule has 0 atom stereocenters. The summed E-state index contributed by atoms with van der Waals surface area (Å²) in [5.74, 6) is 0.287. The molecule has 0 spiro atoms. The second-order valence-corrected chi connectivity index (χ2v) is 7.76. The Kier molecular flexibility index (Phi) is 4.43. The zero-order valence-electron chi connectivity index (χ0n) is 16.1. The highest BCUT2D eigenvalue weighted by molar-refractivity contribution is 5.99. The average molecular weight is 385 g/mol. The fourth-order valence-electron chi connectivity index (χ4n) is 4.13. The first-order valence-electron chi connectivity index (χ1n) is 10.2. The third-order valence-electron chi connectivity index (χ3n) is 5.74. The summed E-state index contributed by atoms with van der Waals surface area (Å²) in [5.41, 5.74) is 6.30. The number of aromatic nitrogens is 1. The van der Waals surface area contributed by atoms with Gasteiger partial charge in [0.15, 0.2) is 0 Å².